The van der Waals surface area contributed by atoms with Crippen LogP contribution in [0.5, 0.6) is 0 Å². The molecule has 0 bridgehead atoms. The van der Waals surface area contributed by atoms with Crippen LogP contribution in [0.15, 0.2) is 70.3 Å². The first-order valence-electron chi connectivity index (χ1n) is 6.86. The summed E-state index contributed by atoms with van der Waals surface area (Å²) in [5, 5.41) is 13.2. The van der Waals surface area contributed by atoms with Crippen molar-refractivity contribution in [2.24, 2.45) is 5.10 Å². The Bertz CT molecular complexity index is 841. The number of rotatable bonds is 5. The highest BCUT2D eigenvalue weighted by atomic mass is 16.4. The van der Waals surface area contributed by atoms with E-state index in [0.29, 0.717) is 22.9 Å². The van der Waals surface area contributed by atoms with Gasteiger partial charge in [-0.1, -0.05) is 24.3 Å². The van der Waals surface area contributed by atoms with Crippen LogP contribution in [-0.2, 0) is 0 Å². The smallest absolute Gasteiger partial charge is 0.336 e. The molecule has 0 radical (unpaired) electrons. The van der Waals surface area contributed by atoms with Crippen LogP contribution in [0.2, 0.25) is 0 Å². The number of nitrogens with one attached hydrogen (secondary N) is 1. The summed E-state index contributed by atoms with van der Waals surface area (Å²) in [5.74, 6) is 0.599. The molecule has 3 rings (SSSR count). The van der Waals surface area contributed by atoms with Crippen molar-refractivity contribution in [3.8, 4) is 11.3 Å². The Kier molecular flexibility index (Phi) is 4.15. The maximum atomic E-state index is 11.2. The van der Waals surface area contributed by atoms with E-state index in [4.69, 9.17) is 4.42 Å². The molecule has 0 aliphatic rings. The first kappa shape index (κ1) is 14.5. The predicted octanol–water partition coefficient (Wildman–Crippen LogP) is 3.49. The molecular weight excluding hydrogens is 294 g/mol. The normalized spacial score (nSPS) is 10.8. The van der Waals surface area contributed by atoms with Gasteiger partial charge in [-0.05, 0) is 30.3 Å². The van der Waals surface area contributed by atoms with E-state index < -0.39 is 5.97 Å². The lowest BCUT2D eigenvalue weighted by molar-refractivity contribution is 0.0697. The summed E-state index contributed by atoms with van der Waals surface area (Å²) in [4.78, 5) is 15.3. The van der Waals surface area contributed by atoms with Crippen molar-refractivity contribution >= 4 is 18.0 Å². The standard InChI is InChI=1S/C17H13N3O3/c21-17(22)14-6-2-1-5-13(14)15-9-8-12(23-15)11-19-20-16-7-3-4-10-18-16/h1-11H,(H,18,20)(H,21,22). The summed E-state index contributed by atoms with van der Waals surface area (Å²) in [6, 6.07) is 15.6. The zero-order valence-corrected chi connectivity index (χ0v) is 12.0. The van der Waals surface area contributed by atoms with Gasteiger partial charge in [-0.25, -0.2) is 9.78 Å². The molecule has 0 spiro atoms. The Morgan fingerprint density at radius 1 is 1.13 bits per heavy atom. The fourth-order valence-electron chi connectivity index (χ4n) is 2.04. The van der Waals surface area contributed by atoms with Crippen LogP contribution in [0.3, 0.4) is 0 Å². The topological polar surface area (TPSA) is 87.7 Å². The highest BCUT2D eigenvalue weighted by molar-refractivity contribution is 5.95. The lowest BCUT2D eigenvalue weighted by atomic mass is 10.1. The Balaban J connectivity index is 1.77. The number of carboxylic acids is 1. The Morgan fingerprint density at radius 2 is 1.96 bits per heavy atom. The predicted molar refractivity (Wildman–Crippen MR) is 86.6 cm³/mol. The van der Waals surface area contributed by atoms with E-state index in [1.165, 1.54) is 12.3 Å². The summed E-state index contributed by atoms with van der Waals surface area (Å²) in [6.07, 6.45) is 3.16. The summed E-state index contributed by atoms with van der Waals surface area (Å²) < 4.78 is 5.63. The maximum absolute atomic E-state index is 11.2. The number of hydrogen-bond donors (Lipinski definition) is 2. The highest BCUT2D eigenvalue weighted by Crippen LogP contribution is 2.25. The number of benzene rings is 1. The minimum atomic E-state index is -0.996. The van der Waals surface area contributed by atoms with Crippen molar-refractivity contribution in [1.82, 2.24) is 4.98 Å². The van der Waals surface area contributed by atoms with Gasteiger partial charge in [0.05, 0.1) is 11.8 Å². The molecule has 2 aromatic heterocycles. The van der Waals surface area contributed by atoms with Crippen LogP contribution in [0, 0.1) is 0 Å². The van der Waals surface area contributed by atoms with Crippen molar-refractivity contribution in [2.75, 3.05) is 5.43 Å². The number of aromatic nitrogens is 1. The van der Waals surface area contributed by atoms with Gasteiger partial charge in [0.1, 0.15) is 17.3 Å². The van der Waals surface area contributed by atoms with Crippen LogP contribution in [0.4, 0.5) is 5.82 Å². The minimum Gasteiger partial charge on any atom is -0.478 e. The van der Waals surface area contributed by atoms with Crippen molar-refractivity contribution < 1.29 is 14.3 Å². The molecule has 23 heavy (non-hydrogen) atoms. The van der Waals surface area contributed by atoms with E-state index in [9.17, 15) is 9.90 Å². The quantitative estimate of drug-likeness (QED) is 0.556. The summed E-state index contributed by atoms with van der Waals surface area (Å²) >= 11 is 0. The number of anilines is 1. The summed E-state index contributed by atoms with van der Waals surface area (Å²) in [5.41, 5.74) is 3.49. The van der Waals surface area contributed by atoms with Crippen molar-refractivity contribution in [1.29, 1.82) is 0 Å². The molecule has 0 aliphatic heterocycles. The number of aromatic carboxylic acids is 1. The fraction of sp³-hybridized carbons (Fsp3) is 0. The van der Waals surface area contributed by atoms with E-state index in [-0.39, 0.29) is 5.56 Å². The van der Waals surface area contributed by atoms with Gasteiger partial charge in [-0.2, -0.15) is 5.10 Å². The molecule has 3 aromatic rings. The molecule has 6 nitrogen and oxygen atoms in total. The largest absolute Gasteiger partial charge is 0.478 e. The van der Waals surface area contributed by atoms with Crippen LogP contribution in [0.25, 0.3) is 11.3 Å². The molecule has 0 amide bonds. The summed E-state index contributed by atoms with van der Waals surface area (Å²) in [7, 11) is 0. The van der Waals surface area contributed by atoms with E-state index in [2.05, 4.69) is 15.5 Å². The van der Waals surface area contributed by atoms with E-state index in [0.717, 1.165) is 0 Å². The number of carboxylic acid groups (broad SMARTS) is 1. The van der Waals surface area contributed by atoms with Gasteiger partial charge < -0.3 is 9.52 Å². The molecule has 114 valence electrons. The zero-order valence-electron chi connectivity index (χ0n) is 12.0. The van der Waals surface area contributed by atoms with Crippen molar-refractivity contribution in [3.05, 3.63) is 72.1 Å². The second-order valence-electron chi connectivity index (χ2n) is 4.64. The van der Waals surface area contributed by atoms with Gasteiger partial charge in [0.25, 0.3) is 0 Å². The van der Waals surface area contributed by atoms with Gasteiger partial charge in [0.15, 0.2) is 0 Å². The Labute approximate surface area is 132 Å². The van der Waals surface area contributed by atoms with Crippen molar-refractivity contribution in [3.63, 3.8) is 0 Å². The van der Waals surface area contributed by atoms with E-state index in [1.807, 2.05) is 12.1 Å². The SMILES string of the molecule is O=C(O)c1ccccc1-c1ccc(C=NNc2ccccn2)o1. The van der Waals surface area contributed by atoms with Gasteiger partial charge in [-0.3, -0.25) is 5.43 Å². The monoisotopic (exact) mass is 307 g/mol. The number of nitrogens with zero attached hydrogens (tertiary/aromatic N) is 2. The lowest BCUT2D eigenvalue weighted by Crippen LogP contribution is -1.98. The second-order valence-corrected chi connectivity index (χ2v) is 4.64. The first-order chi connectivity index (χ1) is 11.2. The average molecular weight is 307 g/mol. The molecule has 0 aliphatic carbocycles. The number of hydrazone groups is 1. The third-order valence-electron chi connectivity index (χ3n) is 3.09. The maximum Gasteiger partial charge on any atom is 0.336 e. The van der Waals surface area contributed by atoms with Crippen LogP contribution >= 0.6 is 0 Å². The third-order valence-corrected chi connectivity index (χ3v) is 3.09. The van der Waals surface area contributed by atoms with Crippen LogP contribution in [-0.4, -0.2) is 22.3 Å². The second kappa shape index (κ2) is 6.57. The Hall–Kier alpha value is -3.41. The van der Waals surface area contributed by atoms with E-state index >= 15 is 0 Å². The highest BCUT2D eigenvalue weighted by Gasteiger charge is 2.13. The Morgan fingerprint density at radius 3 is 2.74 bits per heavy atom. The van der Waals surface area contributed by atoms with Gasteiger partial charge >= 0.3 is 5.97 Å². The number of furan rings is 1. The molecule has 2 heterocycles. The van der Waals surface area contributed by atoms with Crippen molar-refractivity contribution in [2.45, 2.75) is 0 Å². The van der Waals surface area contributed by atoms with Gasteiger partial charge in [-0.15, -0.1) is 0 Å². The van der Waals surface area contributed by atoms with E-state index in [1.54, 1.807) is 42.6 Å². The molecule has 1 aromatic carbocycles. The molecule has 0 fully saturated rings. The molecule has 6 heteroatoms. The van der Waals surface area contributed by atoms with Gasteiger partial charge in [0, 0.05) is 11.8 Å². The molecule has 2 N–H and O–H groups in total. The summed E-state index contributed by atoms with van der Waals surface area (Å²) in [6.45, 7) is 0. The fourth-order valence-corrected chi connectivity index (χ4v) is 2.04. The molecule has 0 saturated carbocycles. The average Bonchev–Trinajstić information content (AvgIpc) is 3.04. The third kappa shape index (κ3) is 3.44. The lowest BCUT2D eigenvalue weighted by Gasteiger charge is -2.01. The molecule has 0 atom stereocenters. The number of pyridine rings is 1. The zero-order chi connectivity index (χ0) is 16.1. The first-order valence-corrected chi connectivity index (χ1v) is 6.86. The number of hydrogen-bond acceptors (Lipinski definition) is 5. The molecular formula is C17H13N3O3. The molecule has 0 saturated heterocycles. The number of carbonyl (C=O) groups is 1. The van der Waals surface area contributed by atoms with Crippen LogP contribution in [0.1, 0.15) is 16.1 Å². The van der Waals surface area contributed by atoms with Gasteiger partial charge in [0.2, 0.25) is 0 Å². The minimum absolute atomic E-state index is 0.192. The van der Waals surface area contributed by atoms with Crippen LogP contribution < -0.4 is 5.43 Å². The molecule has 0 unspecified atom stereocenters.